The zero-order valence-electron chi connectivity index (χ0n) is 14.1. The van der Waals surface area contributed by atoms with E-state index in [9.17, 15) is 17.6 Å². The first-order valence-corrected chi connectivity index (χ1v) is 9.58. The molecule has 0 bridgehead atoms. The third-order valence-corrected chi connectivity index (χ3v) is 5.02. The molecule has 8 heteroatoms. The fraction of sp³-hybridized carbons (Fsp3) is 0.111. The highest BCUT2D eigenvalue weighted by atomic mass is 32.2. The molecule has 0 aliphatic carbocycles. The lowest BCUT2D eigenvalue weighted by atomic mass is 10.2. The van der Waals surface area contributed by atoms with Crippen LogP contribution in [0.1, 0.15) is 16.1 Å². The molecule has 3 rings (SSSR count). The molecular weight excluding hydrogens is 357 g/mol. The summed E-state index contributed by atoms with van der Waals surface area (Å²) in [4.78, 5) is 12.6. The summed E-state index contributed by atoms with van der Waals surface area (Å²) in [6.45, 7) is 1.64. The topological polar surface area (TPSA) is 81.1 Å². The molecule has 1 amide bonds. The van der Waals surface area contributed by atoms with Gasteiger partial charge in [0.1, 0.15) is 11.5 Å². The van der Waals surface area contributed by atoms with Crippen molar-refractivity contribution in [3.63, 3.8) is 0 Å². The van der Waals surface area contributed by atoms with Crippen LogP contribution in [-0.2, 0) is 9.84 Å². The third-order valence-electron chi connectivity index (χ3n) is 3.87. The first-order valence-electron chi connectivity index (χ1n) is 7.69. The van der Waals surface area contributed by atoms with E-state index < -0.39 is 21.6 Å². The number of amides is 1. The summed E-state index contributed by atoms with van der Waals surface area (Å²) in [5.74, 6) is -0.991. The number of nitrogens with zero attached hydrogens (tertiary/aromatic N) is 2. The van der Waals surface area contributed by atoms with Crippen molar-refractivity contribution in [3.05, 3.63) is 71.8 Å². The lowest BCUT2D eigenvalue weighted by Gasteiger charge is -2.10. The van der Waals surface area contributed by atoms with Crippen LogP contribution < -0.4 is 5.32 Å². The Balaban J connectivity index is 1.95. The Morgan fingerprint density at radius 3 is 2.46 bits per heavy atom. The number of para-hydroxylation sites is 2. The normalized spacial score (nSPS) is 11.3. The quantitative estimate of drug-likeness (QED) is 0.762. The maximum atomic E-state index is 14.0. The van der Waals surface area contributed by atoms with Crippen LogP contribution in [0.2, 0.25) is 0 Å². The predicted octanol–water partition coefficient (Wildman–Crippen LogP) is 2.98. The van der Waals surface area contributed by atoms with Gasteiger partial charge < -0.3 is 5.32 Å². The molecule has 0 fully saturated rings. The zero-order valence-corrected chi connectivity index (χ0v) is 14.9. The molecule has 0 spiro atoms. The molecule has 1 heterocycles. The van der Waals surface area contributed by atoms with Crippen molar-refractivity contribution in [3.8, 4) is 5.69 Å². The Labute approximate surface area is 150 Å². The van der Waals surface area contributed by atoms with Crippen LogP contribution in [0.4, 0.5) is 10.1 Å². The van der Waals surface area contributed by atoms with Crippen LogP contribution in [0.5, 0.6) is 0 Å². The van der Waals surface area contributed by atoms with Gasteiger partial charge in [-0.25, -0.2) is 17.5 Å². The van der Waals surface area contributed by atoms with E-state index in [1.54, 1.807) is 37.3 Å². The van der Waals surface area contributed by atoms with Gasteiger partial charge in [0.25, 0.3) is 5.91 Å². The van der Waals surface area contributed by atoms with E-state index in [0.29, 0.717) is 5.69 Å². The standard InChI is InChI=1S/C18H16FN3O3S/c1-12-13(11-20-22(12)16-9-5-3-7-14(16)19)18(23)21-15-8-4-6-10-17(15)26(2,24)25/h3-11H,1-2H3,(H,21,23). The Morgan fingerprint density at radius 2 is 1.77 bits per heavy atom. The molecule has 0 aliphatic rings. The first-order chi connectivity index (χ1) is 12.3. The SMILES string of the molecule is Cc1c(C(=O)Nc2ccccc2S(C)(=O)=O)cnn1-c1ccccc1F. The summed E-state index contributed by atoms with van der Waals surface area (Å²) in [7, 11) is -3.50. The Kier molecular flexibility index (Phi) is 4.60. The molecule has 0 saturated carbocycles. The number of carbonyl (C=O) groups excluding carboxylic acids is 1. The molecule has 134 valence electrons. The predicted molar refractivity (Wildman–Crippen MR) is 95.8 cm³/mol. The Bertz CT molecular complexity index is 1090. The van der Waals surface area contributed by atoms with E-state index in [0.717, 1.165) is 6.26 Å². The minimum atomic E-state index is -3.50. The number of benzene rings is 2. The van der Waals surface area contributed by atoms with Gasteiger partial charge in [-0.15, -0.1) is 0 Å². The molecule has 0 atom stereocenters. The number of aromatic nitrogens is 2. The second-order valence-electron chi connectivity index (χ2n) is 5.73. The van der Waals surface area contributed by atoms with E-state index >= 15 is 0 Å². The maximum absolute atomic E-state index is 14.0. The highest BCUT2D eigenvalue weighted by Gasteiger charge is 2.19. The van der Waals surface area contributed by atoms with Crippen LogP contribution >= 0.6 is 0 Å². The van der Waals surface area contributed by atoms with Gasteiger partial charge in [-0.3, -0.25) is 4.79 Å². The molecule has 0 radical (unpaired) electrons. The average Bonchev–Trinajstić information content (AvgIpc) is 2.96. The highest BCUT2D eigenvalue weighted by molar-refractivity contribution is 7.90. The van der Waals surface area contributed by atoms with E-state index in [4.69, 9.17) is 0 Å². The van der Waals surface area contributed by atoms with Gasteiger partial charge in [-0.2, -0.15) is 5.10 Å². The molecule has 0 unspecified atom stereocenters. The molecule has 1 N–H and O–H groups in total. The maximum Gasteiger partial charge on any atom is 0.259 e. The van der Waals surface area contributed by atoms with Crippen molar-refractivity contribution < 1.29 is 17.6 Å². The van der Waals surface area contributed by atoms with Gasteiger partial charge in [-0.1, -0.05) is 24.3 Å². The second-order valence-corrected chi connectivity index (χ2v) is 7.71. The third kappa shape index (κ3) is 3.36. The second kappa shape index (κ2) is 6.72. The van der Waals surface area contributed by atoms with E-state index in [1.807, 2.05) is 0 Å². The lowest BCUT2D eigenvalue weighted by molar-refractivity contribution is 0.102. The van der Waals surface area contributed by atoms with E-state index in [1.165, 1.54) is 29.1 Å². The van der Waals surface area contributed by atoms with Gasteiger partial charge in [0.2, 0.25) is 0 Å². The molecule has 3 aromatic rings. The summed E-state index contributed by atoms with van der Waals surface area (Å²) in [5, 5.41) is 6.67. The molecule has 6 nitrogen and oxygen atoms in total. The monoisotopic (exact) mass is 373 g/mol. The minimum Gasteiger partial charge on any atom is -0.321 e. The van der Waals surface area contributed by atoms with Crippen LogP contribution in [-0.4, -0.2) is 30.4 Å². The van der Waals surface area contributed by atoms with Crippen molar-refractivity contribution in [1.82, 2.24) is 9.78 Å². The smallest absolute Gasteiger partial charge is 0.259 e. The van der Waals surface area contributed by atoms with Gasteiger partial charge in [0.05, 0.1) is 28.0 Å². The fourth-order valence-electron chi connectivity index (χ4n) is 2.58. The summed E-state index contributed by atoms with van der Waals surface area (Å²) in [5.41, 5.74) is 1.06. The molecule has 26 heavy (non-hydrogen) atoms. The van der Waals surface area contributed by atoms with Gasteiger partial charge in [0, 0.05) is 6.26 Å². The zero-order chi connectivity index (χ0) is 18.9. The number of hydrogen-bond acceptors (Lipinski definition) is 4. The number of sulfone groups is 1. The summed E-state index contributed by atoms with van der Waals surface area (Å²) < 4.78 is 39.0. The van der Waals surface area contributed by atoms with Gasteiger partial charge >= 0.3 is 0 Å². The Hall–Kier alpha value is -3.00. The van der Waals surface area contributed by atoms with Crippen molar-refractivity contribution in [2.45, 2.75) is 11.8 Å². The minimum absolute atomic E-state index is 0.0208. The number of nitrogens with one attached hydrogen (secondary N) is 1. The average molecular weight is 373 g/mol. The van der Waals surface area contributed by atoms with Crippen LogP contribution in [0.25, 0.3) is 5.69 Å². The lowest BCUT2D eigenvalue weighted by Crippen LogP contribution is -2.15. The number of anilines is 1. The van der Waals surface area contributed by atoms with E-state index in [2.05, 4.69) is 10.4 Å². The number of hydrogen-bond donors (Lipinski definition) is 1. The van der Waals surface area contributed by atoms with Crippen molar-refractivity contribution in [2.75, 3.05) is 11.6 Å². The summed E-state index contributed by atoms with van der Waals surface area (Å²) >= 11 is 0. The molecule has 2 aromatic carbocycles. The molecule has 1 aromatic heterocycles. The summed E-state index contributed by atoms with van der Waals surface area (Å²) in [6, 6.07) is 12.2. The number of halogens is 1. The van der Waals surface area contributed by atoms with Crippen molar-refractivity contribution >= 4 is 21.4 Å². The Morgan fingerprint density at radius 1 is 1.12 bits per heavy atom. The largest absolute Gasteiger partial charge is 0.321 e. The molecule has 0 aliphatic heterocycles. The molecular formula is C18H16FN3O3S. The molecule has 0 saturated heterocycles. The van der Waals surface area contributed by atoms with Gasteiger partial charge in [-0.05, 0) is 31.2 Å². The highest BCUT2D eigenvalue weighted by Crippen LogP contribution is 2.23. The van der Waals surface area contributed by atoms with Crippen molar-refractivity contribution in [1.29, 1.82) is 0 Å². The summed E-state index contributed by atoms with van der Waals surface area (Å²) in [6.07, 6.45) is 2.39. The van der Waals surface area contributed by atoms with Crippen LogP contribution in [0, 0.1) is 12.7 Å². The number of rotatable bonds is 4. The number of carbonyl (C=O) groups is 1. The van der Waals surface area contributed by atoms with Gasteiger partial charge in [0.15, 0.2) is 9.84 Å². The van der Waals surface area contributed by atoms with Crippen LogP contribution in [0.3, 0.4) is 0 Å². The fourth-order valence-corrected chi connectivity index (χ4v) is 3.43. The van der Waals surface area contributed by atoms with Crippen LogP contribution in [0.15, 0.2) is 59.6 Å². The van der Waals surface area contributed by atoms with E-state index in [-0.39, 0.29) is 21.8 Å². The first kappa shape index (κ1) is 17.8. The van der Waals surface area contributed by atoms with Crippen molar-refractivity contribution in [2.24, 2.45) is 0 Å².